The normalized spacial score (nSPS) is 25.0. The van der Waals surface area contributed by atoms with Gasteiger partial charge in [-0.2, -0.15) is 0 Å². The van der Waals surface area contributed by atoms with E-state index in [4.69, 9.17) is 0 Å². The van der Waals surface area contributed by atoms with Crippen LogP contribution in [0.15, 0.2) is 66.8 Å². The summed E-state index contributed by atoms with van der Waals surface area (Å²) < 4.78 is 0. The lowest BCUT2D eigenvalue weighted by atomic mass is 9.77. The summed E-state index contributed by atoms with van der Waals surface area (Å²) >= 11 is 0. The summed E-state index contributed by atoms with van der Waals surface area (Å²) in [6, 6.07) is 0. The maximum absolute atomic E-state index is 4.31. The molecule has 0 radical (unpaired) electrons. The molecule has 0 unspecified atom stereocenters. The second kappa shape index (κ2) is 25.3. The van der Waals surface area contributed by atoms with Crippen LogP contribution >= 0.6 is 0 Å². The van der Waals surface area contributed by atoms with Crippen LogP contribution in [0.2, 0.25) is 0 Å². The van der Waals surface area contributed by atoms with E-state index in [-0.39, 0.29) is 0 Å². The van der Waals surface area contributed by atoms with Gasteiger partial charge < -0.3 is 10.6 Å². The first-order valence-electron chi connectivity index (χ1n) is 22.7. The number of rotatable bonds is 2. The number of benzene rings is 1. The van der Waals surface area contributed by atoms with Gasteiger partial charge in [-0.25, -0.2) is 0 Å². The summed E-state index contributed by atoms with van der Waals surface area (Å²) in [5.74, 6) is 0.649. The molecule has 5 rings (SSSR count). The quantitative estimate of drug-likeness (QED) is 0.320. The predicted molar refractivity (Wildman–Crippen MR) is 232 cm³/mol. The molecule has 0 saturated heterocycles. The highest BCUT2D eigenvalue weighted by Crippen LogP contribution is 2.47. The number of fused-ring (bicyclic) bond motifs is 2. The van der Waals surface area contributed by atoms with Crippen molar-refractivity contribution in [1.82, 2.24) is 0 Å². The lowest BCUT2D eigenvalue weighted by molar-refractivity contribution is 0.497. The van der Waals surface area contributed by atoms with Crippen LogP contribution in [0.5, 0.6) is 0 Å². The van der Waals surface area contributed by atoms with E-state index < -0.39 is 0 Å². The fourth-order valence-electron chi connectivity index (χ4n) is 9.39. The van der Waals surface area contributed by atoms with Crippen LogP contribution in [-0.2, 0) is 12.8 Å². The number of hydrogen-bond acceptors (Lipinski definition) is 2. The zero-order valence-corrected chi connectivity index (χ0v) is 33.3. The molecule has 2 heterocycles. The molecule has 2 aliphatic heterocycles. The first-order chi connectivity index (χ1) is 25.9. The number of hydrogen-bond donors (Lipinski definition) is 2. The van der Waals surface area contributed by atoms with E-state index in [2.05, 4.69) is 77.5 Å². The summed E-state index contributed by atoms with van der Waals surface area (Å²) in [5.41, 5.74) is 11.0. The highest BCUT2D eigenvalue weighted by atomic mass is 14.9. The molecule has 0 atom stereocenters. The Morgan fingerprint density at radius 1 is 0.365 bits per heavy atom. The predicted octanol–water partition coefficient (Wildman–Crippen LogP) is 15.4. The summed E-state index contributed by atoms with van der Waals surface area (Å²) in [6.45, 7) is 2.18. The molecule has 0 aromatic heterocycles. The third-order valence-corrected chi connectivity index (χ3v) is 12.3. The van der Waals surface area contributed by atoms with E-state index in [0.29, 0.717) is 5.92 Å². The molecule has 0 amide bonds. The van der Waals surface area contributed by atoms with Crippen LogP contribution in [0.1, 0.15) is 202 Å². The van der Waals surface area contributed by atoms with Crippen molar-refractivity contribution < 1.29 is 0 Å². The second-order valence-corrected chi connectivity index (χ2v) is 16.5. The van der Waals surface area contributed by atoms with Gasteiger partial charge in [0.15, 0.2) is 0 Å². The molecule has 52 heavy (non-hydrogen) atoms. The van der Waals surface area contributed by atoms with Crippen molar-refractivity contribution in [2.75, 3.05) is 23.7 Å². The smallest absolute Gasteiger partial charge is 0.0459 e. The van der Waals surface area contributed by atoms with Crippen molar-refractivity contribution in [2.24, 2.45) is 0 Å². The second-order valence-electron chi connectivity index (χ2n) is 16.5. The van der Waals surface area contributed by atoms with Crippen molar-refractivity contribution in [3.05, 3.63) is 89.1 Å². The molecule has 2 nitrogen and oxygen atoms in total. The van der Waals surface area contributed by atoms with Gasteiger partial charge in [-0.15, -0.1) is 0 Å². The van der Waals surface area contributed by atoms with Gasteiger partial charge in [-0.1, -0.05) is 202 Å². The van der Waals surface area contributed by atoms with Gasteiger partial charge in [0, 0.05) is 30.0 Å². The Bertz CT molecular complexity index is 1320. The van der Waals surface area contributed by atoms with Crippen LogP contribution in [0, 0.1) is 0 Å². The molecule has 4 aliphatic rings. The van der Waals surface area contributed by atoms with Crippen LogP contribution in [-0.4, -0.2) is 13.1 Å². The highest BCUT2D eigenvalue weighted by Gasteiger charge is 2.29. The van der Waals surface area contributed by atoms with E-state index in [1.807, 2.05) is 0 Å². The molecule has 2 N–H and O–H groups in total. The van der Waals surface area contributed by atoms with Gasteiger partial charge in [0.25, 0.3) is 0 Å². The maximum Gasteiger partial charge on any atom is 0.0459 e. The fourth-order valence-corrected chi connectivity index (χ4v) is 9.39. The molecule has 286 valence electrons. The maximum atomic E-state index is 4.31. The molecular weight excluding hydrogens is 629 g/mol. The third-order valence-electron chi connectivity index (χ3n) is 12.3. The van der Waals surface area contributed by atoms with Gasteiger partial charge in [-0.05, 0) is 79.5 Å². The van der Waals surface area contributed by atoms with Crippen molar-refractivity contribution in [1.29, 1.82) is 0 Å². The van der Waals surface area contributed by atoms with Gasteiger partial charge in [0.2, 0.25) is 0 Å². The SMILES string of the molecule is C1=C\C=C/C=C(c2c3c(c(C4CCCCCCCCCCCC4)c4c2NCCCCCCCCCC4)NCCCCCCCCC3)\C=C/C=C/C=C1. The van der Waals surface area contributed by atoms with Crippen LogP contribution in [0.3, 0.4) is 0 Å². The molecule has 1 aromatic rings. The minimum atomic E-state index is 0.649. The monoisotopic (exact) mass is 705 g/mol. The Morgan fingerprint density at radius 2 is 0.769 bits per heavy atom. The summed E-state index contributed by atoms with van der Waals surface area (Å²) in [5, 5.41) is 8.58. The average molecular weight is 705 g/mol. The molecule has 0 spiro atoms. The zero-order valence-electron chi connectivity index (χ0n) is 33.3. The third kappa shape index (κ3) is 13.9. The molecule has 1 fully saturated rings. The van der Waals surface area contributed by atoms with E-state index in [0.717, 1.165) is 13.1 Å². The highest BCUT2D eigenvalue weighted by molar-refractivity contribution is 5.91. The van der Waals surface area contributed by atoms with Crippen molar-refractivity contribution in [3.63, 3.8) is 0 Å². The first kappa shape index (κ1) is 40.4. The van der Waals surface area contributed by atoms with Crippen molar-refractivity contribution >= 4 is 16.9 Å². The minimum Gasteiger partial charge on any atom is -0.385 e. The molecule has 1 saturated carbocycles. The topological polar surface area (TPSA) is 24.1 Å². The summed E-state index contributed by atoms with van der Waals surface area (Å²) in [4.78, 5) is 0. The number of anilines is 2. The fraction of sp³-hybridized carbons (Fsp3) is 0.640. The van der Waals surface area contributed by atoms with E-state index in [1.54, 1.807) is 22.4 Å². The Kier molecular flexibility index (Phi) is 19.7. The lowest BCUT2D eigenvalue weighted by Gasteiger charge is -2.33. The van der Waals surface area contributed by atoms with E-state index >= 15 is 0 Å². The zero-order chi connectivity index (χ0) is 35.7. The van der Waals surface area contributed by atoms with Gasteiger partial charge in [-0.3, -0.25) is 0 Å². The molecule has 1 aromatic carbocycles. The van der Waals surface area contributed by atoms with Gasteiger partial charge in [0.05, 0.1) is 0 Å². The largest absolute Gasteiger partial charge is 0.385 e. The standard InChI is InChI=1S/C50H76N2/c1-2-5-12-20-28-36-43(35-27-19-11-4-1)47-45-39-31-23-15-8-9-17-25-33-41-51-49(45)48(44-37-29-21-13-6-3-7-14-22-30-38-44)46-40-32-24-16-10-18-26-34-42-52-50(46)47/h3,6-7,13-14,21-22,29-30,37-38,43,51-52H,1-2,4-5,8-12,15-20,23-28,31-36,39-42H2/b6-3?,7-3?,13-6?,14-7?,21-13+,22-14?,29-21?,30-22-,37-29-,38-30?,44-37?,44-38+. The first-order valence-corrected chi connectivity index (χ1v) is 22.7. The average Bonchev–Trinajstić information content (AvgIpc) is 3.18. The van der Waals surface area contributed by atoms with Gasteiger partial charge in [0.1, 0.15) is 0 Å². The minimum absolute atomic E-state index is 0.649. The molecule has 2 heteroatoms. The van der Waals surface area contributed by atoms with Crippen molar-refractivity contribution in [2.45, 2.75) is 192 Å². The molecular formula is C50H76N2. The van der Waals surface area contributed by atoms with Crippen LogP contribution in [0.25, 0.3) is 5.57 Å². The Morgan fingerprint density at radius 3 is 1.31 bits per heavy atom. The Balaban J connectivity index is 1.73. The lowest BCUT2D eigenvalue weighted by Crippen LogP contribution is -2.19. The summed E-state index contributed by atoms with van der Waals surface area (Å²) in [7, 11) is 0. The van der Waals surface area contributed by atoms with Crippen molar-refractivity contribution in [3.8, 4) is 0 Å². The van der Waals surface area contributed by atoms with Crippen LogP contribution < -0.4 is 10.6 Å². The van der Waals surface area contributed by atoms with Crippen LogP contribution in [0.4, 0.5) is 11.4 Å². The Labute approximate surface area is 320 Å². The number of allylic oxidation sites excluding steroid dienone is 12. The number of nitrogens with one attached hydrogen (secondary N) is 2. The Hall–Kier alpha value is -2.74. The molecule has 0 bridgehead atoms. The van der Waals surface area contributed by atoms with E-state index in [9.17, 15) is 0 Å². The summed E-state index contributed by atoms with van der Waals surface area (Å²) in [6.07, 6.45) is 64.1. The van der Waals surface area contributed by atoms with Gasteiger partial charge >= 0.3 is 0 Å². The molecule has 2 aliphatic carbocycles. The van der Waals surface area contributed by atoms with E-state index in [1.165, 1.54) is 203 Å².